The zero-order valence-electron chi connectivity index (χ0n) is 22.0. The van der Waals surface area contributed by atoms with Crippen molar-refractivity contribution in [3.63, 3.8) is 0 Å². The first kappa shape index (κ1) is 30.9. The zero-order valence-corrected chi connectivity index (χ0v) is 22.0. The van der Waals surface area contributed by atoms with E-state index in [0.717, 1.165) is 18.4 Å². The monoisotopic (exact) mass is 610 g/mol. The molecule has 2 aliphatic heterocycles. The Morgan fingerprint density at radius 1 is 0.651 bits per heavy atom. The van der Waals surface area contributed by atoms with Gasteiger partial charge in [0.1, 0.15) is 84.2 Å². The van der Waals surface area contributed by atoms with Crippen LogP contribution in [0.25, 0.3) is 22.1 Å². The second-order valence-electron chi connectivity index (χ2n) is 10.4. The van der Waals surface area contributed by atoms with E-state index in [-0.39, 0.29) is 11.1 Å². The summed E-state index contributed by atoms with van der Waals surface area (Å²) in [5.41, 5.74) is -3.28. The summed E-state index contributed by atoms with van der Waals surface area (Å²) in [6, 6.07) is 3.33. The largest absolute Gasteiger partial charge is 0.507 e. The van der Waals surface area contributed by atoms with Crippen molar-refractivity contribution in [3.05, 3.63) is 45.8 Å². The topological polar surface area (TPSA) is 291 Å². The first-order valence-corrected chi connectivity index (χ1v) is 13.0. The van der Waals surface area contributed by atoms with Crippen LogP contribution < -0.4 is 5.43 Å². The third kappa shape index (κ3) is 4.87. The average Bonchev–Trinajstić information content (AvgIpc) is 2.98. The Bertz CT molecular complexity index is 1570. The fourth-order valence-electron chi connectivity index (χ4n) is 5.48. The highest BCUT2D eigenvalue weighted by atomic mass is 16.6. The molecule has 3 aromatic rings. The van der Waals surface area contributed by atoms with Crippen LogP contribution >= 0.6 is 0 Å². The van der Waals surface area contributed by atoms with Gasteiger partial charge in [0.05, 0.1) is 29.9 Å². The second kappa shape index (κ2) is 11.5. The molecule has 16 nitrogen and oxygen atoms in total. The summed E-state index contributed by atoms with van der Waals surface area (Å²) in [6.45, 7) is -1.75. The maximum atomic E-state index is 13.9. The summed E-state index contributed by atoms with van der Waals surface area (Å²) < 4.78 is 16.7. The van der Waals surface area contributed by atoms with Crippen LogP contribution in [0.4, 0.5) is 0 Å². The highest BCUT2D eigenvalue weighted by Gasteiger charge is 2.50. The number of aromatic hydroxyl groups is 4. The minimum atomic E-state index is -2.07. The van der Waals surface area contributed by atoms with Gasteiger partial charge in [0.25, 0.3) is 0 Å². The van der Waals surface area contributed by atoms with Gasteiger partial charge in [-0.2, -0.15) is 0 Å². The Labute approximate surface area is 240 Å². The molecule has 0 saturated carbocycles. The fraction of sp³-hybridized carbons (Fsp3) is 0.444. The summed E-state index contributed by atoms with van der Waals surface area (Å²) in [6.07, 6.45) is -17.6. The van der Waals surface area contributed by atoms with E-state index in [9.17, 15) is 66.1 Å². The molecule has 2 aliphatic rings. The van der Waals surface area contributed by atoms with Crippen molar-refractivity contribution in [1.82, 2.24) is 0 Å². The molecule has 5 rings (SSSR count). The minimum absolute atomic E-state index is 0.00204. The van der Waals surface area contributed by atoms with E-state index in [1.54, 1.807) is 0 Å². The zero-order chi connectivity index (χ0) is 31.5. The molecular formula is C27H30O16. The first-order chi connectivity index (χ1) is 20.3. The summed E-state index contributed by atoms with van der Waals surface area (Å²) >= 11 is 0. The van der Waals surface area contributed by atoms with Crippen LogP contribution in [0.15, 0.2) is 33.7 Å². The van der Waals surface area contributed by atoms with Crippen molar-refractivity contribution >= 4 is 11.0 Å². The lowest BCUT2D eigenvalue weighted by atomic mass is 9.85. The van der Waals surface area contributed by atoms with Crippen LogP contribution in [0.2, 0.25) is 0 Å². The predicted octanol–water partition coefficient (Wildman–Crippen LogP) is -2.69. The van der Waals surface area contributed by atoms with Crippen LogP contribution in [-0.4, -0.2) is 123 Å². The van der Waals surface area contributed by atoms with Crippen LogP contribution in [0.3, 0.4) is 0 Å². The van der Waals surface area contributed by atoms with Gasteiger partial charge in [0, 0.05) is 0 Å². The number of phenols is 4. The molecule has 3 heterocycles. The van der Waals surface area contributed by atoms with Crippen LogP contribution in [0, 0.1) is 0 Å². The highest BCUT2D eigenvalue weighted by molar-refractivity contribution is 5.93. The van der Waals surface area contributed by atoms with Gasteiger partial charge in [-0.1, -0.05) is 6.07 Å². The Balaban J connectivity index is 1.83. The van der Waals surface area contributed by atoms with Crippen LogP contribution in [-0.2, 0) is 9.47 Å². The van der Waals surface area contributed by atoms with Gasteiger partial charge in [-0.15, -0.1) is 0 Å². The van der Waals surface area contributed by atoms with Gasteiger partial charge in [-0.05, 0) is 17.7 Å². The Kier molecular flexibility index (Phi) is 8.27. The number of fused-ring (bicyclic) bond motifs is 1. The van der Waals surface area contributed by atoms with Gasteiger partial charge in [-0.3, -0.25) is 4.79 Å². The second-order valence-corrected chi connectivity index (χ2v) is 10.4. The van der Waals surface area contributed by atoms with Gasteiger partial charge in [0.2, 0.25) is 5.43 Å². The third-order valence-corrected chi connectivity index (χ3v) is 7.88. The number of rotatable bonds is 5. The molecule has 0 amide bonds. The molecule has 0 bridgehead atoms. The number of benzene rings is 2. The molecule has 2 fully saturated rings. The van der Waals surface area contributed by atoms with Crippen LogP contribution in [0.5, 0.6) is 23.0 Å². The van der Waals surface area contributed by atoms with E-state index in [1.807, 2.05) is 0 Å². The van der Waals surface area contributed by atoms with Crippen LogP contribution in [0.1, 0.15) is 23.3 Å². The molecule has 0 aliphatic carbocycles. The number of hydrogen-bond donors (Lipinski definition) is 12. The predicted molar refractivity (Wildman–Crippen MR) is 140 cm³/mol. The average molecular weight is 611 g/mol. The molecule has 2 saturated heterocycles. The molecule has 0 spiro atoms. The molecule has 0 radical (unpaired) electrons. The Morgan fingerprint density at radius 3 is 1.70 bits per heavy atom. The van der Waals surface area contributed by atoms with E-state index >= 15 is 0 Å². The molecule has 10 atom stereocenters. The number of phenolic OH excluding ortho intramolecular Hbond substituents is 4. The smallest absolute Gasteiger partial charge is 0.204 e. The van der Waals surface area contributed by atoms with E-state index < -0.39 is 125 Å². The standard InChI is InChI=1S/C27H30O16/c28-4-11-17(33)21(37)23(39)26(42-11)14-19(35)13-16(32)8(7-1-2-9(30)10(31)3-7)6-41-25(13)15(20(14)36)27-24(40)22(38)18(34)12(5-29)43-27/h1-3,6,11-12,17-18,21-24,26-31,33-40H,4-5H2/t11?,12?,17-,18-,21+,22+,23?,24?,26+,27+/m1/s1. The molecule has 16 heteroatoms. The highest BCUT2D eigenvalue weighted by Crippen LogP contribution is 2.50. The Morgan fingerprint density at radius 2 is 1.19 bits per heavy atom. The quantitative estimate of drug-likeness (QED) is 0.131. The molecule has 43 heavy (non-hydrogen) atoms. The summed E-state index contributed by atoms with van der Waals surface area (Å²) in [4.78, 5) is 13.9. The Hall–Kier alpha value is -3.55. The normalized spacial score (nSPS) is 33.1. The van der Waals surface area contributed by atoms with Crippen molar-refractivity contribution in [3.8, 4) is 34.1 Å². The van der Waals surface area contributed by atoms with Crippen molar-refractivity contribution in [2.45, 2.75) is 61.0 Å². The first-order valence-electron chi connectivity index (χ1n) is 13.0. The third-order valence-electron chi connectivity index (χ3n) is 7.88. The molecular weight excluding hydrogens is 580 g/mol. The van der Waals surface area contributed by atoms with Crippen molar-refractivity contribution in [1.29, 1.82) is 0 Å². The van der Waals surface area contributed by atoms with Gasteiger partial charge in [0.15, 0.2) is 17.1 Å². The summed E-state index contributed by atoms with van der Waals surface area (Å²) in [5.74, 6) is -3.19. The van der Waals surface area contributed by atoms with Crippen molar-refractivity contribution < 1.29 is 75.2 Å². The number of aliphatic hydroxyl groups is 8. The van der Waals surface area contributed by atoms with Gasteiger partial charge in [-0.25, -0.2) is 0 Å². The lowest BCUT2D eigenvalue weighted by Gasteiger charge is -2.42. The maximum Gasteiger partial charge on any atom is 0.204 e. The maximum absolute atomic E-state index is 13.9. The lowest BCUT2D eigenvalue weighted by Crippen LogP contribution is -2.55. The molecule has 234 valence electrons. The summed E-state index contributed by atoms with van der Waals surface area (Å²) in [5, 5.41) is 124. The van der Waals surface area contributed by atoms with Crippen molar-refractivity contribution in [2.75, 3.05) is 13.2 Å². The molecule has 12 N–H and O–H groups in total. The molecule has 2 aromatic carbocycles. The SMILES string of the molecule is O=c1c(-c2ccc(O)c(O)c2)coc2c([C@@H]3OC(CO)[C@@H](O)[C@H](O)C3O)c(O)c([C@@H]3OC(CO)[C@@H](O)[C@H](O)C3O)c(O)c12. The summed E-state index contributed by atoms with van der Waals surface area (Å²) in [7, 11) is 0. The minimum Gasteiger partial charge on any atom is -0.507 e. The van der Waals surface area contributed by atoms with E-state index in [4.69, 9.17) is 13.9 Å². The number of ether oxygens (including phenoxy) is 2. The van der Waals surface area contributed by atoms with Crippen molar-refractivity contribution in [2.24, 2.45) is 0 Å². The van der Waals surface area contributed by atoms with Gasteiger partial charge >= 0.3 is 0 Å². The lowest BCUT2D eigenvalue weighted by molar-refractivity contribution is -0.234. The number of hydrogen-bond acceptors (Lipinski definition) is 16. The molecule has 1 aromatic heterocycles. The molecule has 4 unspecified atom stereocenters. The van der Waals surface area contributed by atoms with E-state index in [0.29, 0.717) is 0 Å². The van der Waals surface area contributed by atoms with E-state index in [2.05, 4.69) is 0 Å². The number of aliphatic hydroxyl groups excluding tert-OH is 8. The van der Waals surface area contributed by atoms with E-state index in [1.165, 1.54) is 6.07 Å². The fourth-order valence-corrected chi connectivity index (χ4v) is 5.48. The van der Waals surface area contributed by atoms with Gasteiger partial charge < -0.3 is 75.2 Å².